The summed E-state index contributed by atoms with van der Waals surface area (Å²) < 4.78 is 37.8. The summed E-state index contributed by atoms with van der Waals surface area (Å²) >= 11 is 5.83. The van der Waals surface area contributed by atoms with Crippen LogP contribution in [0.3, 0.4) is 0 Å². The molecule has 9 heteroatoms. The second-order valence-electron chi connectivity index (χ2n) is 6.66. The van der Waals surface area contributed by atoms with Crippen LogP contribution >= 0.6 is 11.6 Å². The van der Waals surface area contributed by atoms with Gasteiger partial charge in [0.05, 0.1) is 17.2 Å². The van der Waals surface area contributed by atoms with Crippen molar-refractivity contribution in [2.24, 2.45) is 5.41 Å². The topological polar surface area (TPSA) is 65.5 Å². The quantitative estimate of drug-likeness (QED) is 0.775. The molecular weight excluding hydrogens is 371 g/mol. The Morgan fingerprint density at radius 1 is 1.50 bits per heavy atom. The second kappa shape index (κ2) is 8.43. The number of pyridine rings is 1. The molecule has 0 aliphatic carbocycles. The Morgan fingerprint density at radius 3 is 2.81 bits per heavy atom. The van der Waals surface area contributed by atoms with Gasteiger partial charge in [0.15, 0.2) is 0 Å². The van der Waals surface area contributed by atoms with Crippen LogP contribution in [0.1, 0.15) is 38.2 Å². The number of carbonyl (C=O) groups is 1. The van der Waals surface area contributed by atoms with E-state index in [1.54, 1.807) is 4.90 Å². The number of alkyl halides is 3. The standard InChI is InChI=1S/C17H23ClF3N3O2/c1-2-16(11-25)5-3-7-24(10-16)14(26)4-6-22-15-13(18)8-12(9-23-15)17(19,20)21/h8-9,25H,2-7,10-11H2,1H3,(H,22,23). The van der Waals surface area contributed by atoms with E-state index in [-0.39, 0.29) is 41.7 Å². The minimum atomic E-state index is -4.50. The van der Waals surface area contributed by atoms with Crippen LogP contribution in [-0.4, -0.2) is 47.1 Å². The lowest BCUT2D eigenvalue weighted by Crippen LogP contribution is -2.47. The molecule has 0 spiro atoms. The van der Waals surface area contributed by atoms with E-state index in [1.807, 2.05) is 6.92 Å². The van der Waals surface area contributed by atoms with Crippen molar-refractivity contribution in [2.75, 3.05) is 31.6 Å². The number of anilines is 1. The van der Waals surface area contributed by atoms with Gasteiger partial charge in [-0.05, 0) is 25.3 Å². The predicted octanol–water partition coefficient (Wildman–Crippen LogP) is 3.57. The average molecular weight is 394 g/mol. The summed E-state index contributed by atoms with van der Waals surface area (Å²) in [5.41, 5.74) is -1.16. The summed E-state index contributed by atoms with van der Waals surface area (Å²) in [5.74, 6) is 0.0517. The first-order chi connectivity index (χ1) is 12.2. The fraction of sp³-hybridized carbons (Fsp3) is 0.647. The van der Waals surface area contributed by atoms with E-state index in [9.17, 15) is 23.1 Å². The summed E-state index contributed by atoms with van der Waals surface area (Å²) in [6, 6.07) is 0.806. The van der Waals surface area contributed by atoms with Crippen molar-refractivity contribution in [3.8, 4) is 0 Å². The van der Waals surface area contributed by atoms with Gasteiger partial charge in [-0.3, -0.25) is 4.79 Å². The Morgan fingerprint density at radius 2 is 2.23 bits per heavy atom. The molecule has 146 valence electrons. The van der Waals surface area contributed by atoms with Crippen molar-refractivity contribution in [1.29, 1.82) is 0 Å². The number of aliphatic hydroxyl groups excluding tert-OH is 1. The Kier molecular flexibility index (Phi) is 6.74. The maximum absolute atomic E-state index is 12.6. The number of aliphatic hydroxyl groups is 1. The van der Waals surface area contributed by atoms with Gasteiger partial charge in [0.1, 0.15) is 5.82 Å². The maximum Gasteiger partial charge on any atom is 0.417 e. The monoisotopic (exact) mass is 393 g/mol. The molecule has 1 unspecified atom stereocenters. The lowest BCUT2D eigenvalue weighted by atomic mass is 9.78. The lowest BCUT2D eigenvalue weighted by Gasteiger charge is -2.41. The number of hydrogen-bond acceptors (Lipinski definition) is 4. The lowest BCUT2D eigenvalue weighted by molar-refractivity contribution is -0.138. The van der Waals surface area contributed by atoms with Gasteiger partial charge in [-0.2, -0.15) is 13.2 Å². The highest BCUT2D eigenvalue weighted by Gasteiger charge is 2.35. The molecule has 1 saturated heterocycles. The molecule has 1 aromatic heterocycles. The molecule has 1 aliphatic heterocycles. The third-order valence-corrected chi connectivity index (χ3v) is 5.19. The Bertz CT molecular complexity index is 636. The van der Waals surface area contributed by atoms with Crippen molar-refractivity contribution in [1.82, 2.24) is 9.88 Å². The number of carbonyl (C=O) groups excluding carboxylic acids is 1. The van der Waals surface area contributed by atoms with Crippen molar-refractivity contribution >= 4 is 23.3 Å². The summed E-state index contributed by atoms with van der Waals surface area (Å²) in [4.78, 5) is 17.8. The molecule has 26 heavy (non-hydrogen) atoms. The normalized spacial score (nSPS) is 20.9. The molecule has 0 aromatic carbocycles. The van der Waals surface area contributed by atoms with Gasteiger partial charge in [-0.25, -0.2) is 4.98 Å². The summed E-state index contributed by atoms with van der Waals surface area (Å²) in [5, 5.41) is 12.3. The van der Waals surface area contributed by atoms with Gasteiger partial charge in [0.25, 0.3) is 0 Å². The van der Waals surface area contributed by atoms with Crippen LogP contribution in [-0.2, 0) is 11.0 Å². The van der Waals surface area contributed by atoms with Gasteiger partial charge in [0, 0.05) is 37.7 Å². The average Bonchev–Trinajstić information content (AvgIpc) is 2.62. The van der Waals surface area contributed by atoms with Crippen LogP contribution in [0.5, 0.6) is 0 Å². The van der Waals surface area contributed by atoms with Crippen LogP contribution in [0, 0.1) is 5.41 Å². The zero-order chi connectivity index (χ0) is 19.4. The molecule has 1 aliphatic rings. The van der Waals surface area contributed by atoms with Crippen LogP contribution in [0.25, 0.3) is 0 Å². The number of aromatic nitrogens is 1. The van der Waals surface area contributed by atoms with Crippen LogP contribution < -0.4 is 5.32 Å². The molecule has 1 amide bonds. The number of likely N-dealkylation sites (tertiary alicyclic amines) is 1. The van der Waals surface area contributed by atoms with Crippen LogP contribution in [0.2, 0.25) is 5.02 Å². The van der Waals surface area contributed by atoms with E-state index in [2.05, 4.69) is 10.3 Å². The van der Waals surface area contributed by atoms with Gasteiger partial charge >= 0.3 is 6.18 Å². The van der Waals surface area contributed by atoms with Gasteiger partial charge in [0.2, 0.25) is 5.91 Å². The van der Waals surface area contributed by atoms with Crippen LogP contribution in [0.4, 0.5) is 19.0 Å². The van der Waals surface area contributed by atoms with Crippen molar-refractivity contribution < 1.29 is 23.1 Å². The van der Waals surface area contributed by atoms with E-state index in [1.165, 1.54) is 0 Å². The second-order valence-corrected chi connectivity index (χ2v) is 7.07. The predicted molar refractivity (Wildman–Crippen MR) is 93.0 cm³/mol. The Labute approximate surface area is 155 Å². The zero-order valence-corrected chi connectivity index (χ0v) is 15.3. The molecule has 2 rings (SSSR count). The van der Waals surface area contributed by atoms with Gasteiger partial charge in [-0.1, -0.05) is 18.5 Å². The highest BCUT2D eigenvalue weighted by molar-refractivity contribution is 6.32. The number of amides is 1. The highest BCUT2D eigenvalue weighted by atomic mass is 35.5. The van der Waals surface area contributed by atoms with E-state index in [0.29, 0.717) is 19.3 Å². The first kappa shape index (κ1) is 20.8. The Balaban J connectivity index is 1.88. The largest absolute Gasteiger partial charge is 0.417 e. The van der Waals surface area contributed by atoms with Crippen molar-refractivity contribution in [2.45, 2.75) is 38.8 Å². The minimum absolute atomic E-state index is 0.0522. The minimum Gasteiger partial charge on any atom is -0.396 e. The highest BCUT2D eigenvalue weighted by Crippen LogP contribution is 2.33. The molecule has 1 aromatic rings. The third kappa shape index (κ3) is 5.01. The molecule has 5 nitrogen and oxygen atoms in total. The van der Waals surface area contributed by atoms with E-state index in [0.717, 1.165) is 25.3 Å². The number of nitrogens with one attached hydrogen (secondary N) is 1. The van der Waals surface area contributed by atoms with Crippen LogP contribution in [0.15, 0.2) is 12.3 Å². The number of hydrogen-bond donors (Lipinski definition) is 2. The fourth-order valence-corrected chi connectivity index (χ4v) is 3.35. The van der Waals surface area contributed by atoms with E-state index in [4.69, 9.17) is 11.6 Å². The smallest absolute Gasteiger partial charge is 0.396 e. The summed E-state index contributed by atoms with van der Waals surface area (Å²) in [6.45, 7) is 3.45. The fourth-order valence-electron chi connectivity index (χ4n) is 3.12. The molecule has 0 radical (unpaired) electrons. The molecule has 0 bridgehead atoms. The van der Waals surface area contributed by atoms with Crippen molar-refractivity contribution in [3.05, 3.63) is 22.8 Å². The molecule has 2 heterocycles. The van der Waals surface area contributed by atoms with E-state index < -0.39 is 11.7 Å². The number of halogens is 4. The Hall–Kier alpha value is -1.54. The number of nitrogens with zero attached hydrogens (tertiary/aromatic N) is 2. The maximum atomic E-state index is 12.6. The first-order valence-electron chi connectivity index (χ1n) is 8.56. The molecule has 1 atom stereocenters. The van der Waals surface area contributed by atoms with Gasteiger partial charge < -0.3 is 15.3 Å². The summed E-state index contributed by atoms with van der Waals surface area (Å²) in [6.07, 6.45) is -1.08. The van der Waals surface area contributed by atoms with Gasteiger partial charge in [-0.15, -0.1) is 0 Å². The molecule has 2 N–H and O–H groups in total. The molecule has 0 saturated carbocycles. The molecular formula is C17H23ClF3N3O2. The van der Waals surface area contributed by atoms with Crippen molar-refractivity contribution in [3.63, 3.8) is 0 Å². The first-order valence-corrected chi connectivity index (χ1v) is 8.94. The molecule has 1 fully saturated rings. The number of piperidine rings is 1. The number of rotatable bonds is 6. The SMILES string of the molecule is CCC1(CO)CCCN(C(=O)CCNc2ncc(C(F)(F)F)cc2Cl)C1. The summed E-state index contributed by atoms with van der Waals surface area (Å²) in [7, 11) is 0. The zero-order valence-electron chi connectivity index (χ0n) is 14.6. The van der Waals surface area contributed by atoms with E-state index >= 15 is 0 Å². The third-order valence-electron chi connectivity index (χ3n) is 4.90.